The minimum Gasteiger partial charge on any atom is -0.444 e. The zero-order chi connectivity index (χ0) is 20.9. The Kier molecular flexibility index (Phi) is 7.71. The maximum atomic E-state index is 12.6. The number of halogens is 1. The smallest absolute Gasteiger partial charge is 0.410 e. The Balaban J connectivity index is 2.04. The minimum atomic E-state index is -0.558. The molecule has 0 aromatic carbocycles. The number of likely N-dealkylation sites (tertiary alicyclic amines) is 1. The van der Waals surface area contributed by atoms with E-state index in [1.807, 2.05) is 34.6 Å². The highest BCUT2D eigenvalue weighted by molar-refractivity contribution is 6.30. The Morgan fingerprint density at radius 3 is 2.64 bits per heavy atom. The van der Waals surface area contributed by atoms with E-state index in [-0.39, 0.29) is 30.0 Å². The van der Waals surface area contributed by atoms with Gasteiger partial charge in [-0.25, -0.2) is 9.78 Å². The summed E-state index contributed by atoms with van der Waals surface area (Å²) >= 11 is 6.03. The number of hydrogen-bond donors (Lipinski definition) is 2. The lowest BCUT2D eigenvalue weighted by molar-refractivity contribution is -0.0331. The molecule has 0 aliphatic carbocycles. The van der Waals surface area contributed by atoms with Crippen molar-refractivity contribution in [1.29, 1.82) is 0 Å². The molecule has 1 aromatic heterocycles. The van der Waals surface area contributed by atoms with Crippen LogP contribution in [0.3, 0.4) is 0 Å². The van der Waals surface area contributed by atoms with Crippen molar-refractivity contribution in [1.82, 2.24) is 20.2 Å². The van der Waals surface area contributed by atoms with Crippen LogP contribution < -0.4 is 5.32 Å². The number of carbonyl (C=O) groups is 2. The van der Waals surface area contributed by atoms with E-state index < -0.39 is 5.60 Å². The number of imidazole rings is 1. The Hall–Kier alpha value is -1.80. The highest BCUT2D eigenvalue weighted by Gasteiger charge is 2.35. The second kappa shape index (κ2) is 9.60. The normalized spacial score (nSPS) is 20.1. The first-order valence-corrected chi connectivity index (χ1v) is 10.2. The van der Waals surface area contributed by atoms with Crippen LogP contribution >= 0.6 is 11.6 Å². The van der Waals surface area contributed by atoms with Crippen molar-refractivity contribution in [3.63, 3.8) is 0 Å². The maximum Gasteiger partial charge on any atom is 0.410 e. The summed E-state index contributed by atoms with van der Waals surface area (Å²) in [5.74, 6) is -0.145. The average Bonchev–Trinajstić information content (AvgIpc) is 3.00. The largest absolute Gasteiger partial charge is 0.444 e. The third-order valence-electron chi connectivity index (χ3n) is 4.36. The number of nitrogens with zero attached hydrogens (tertiary/aromatic N) is 2. The van der Waals surface area contributed by atoms with Gasteiger partial charge in [0, 0.05) is 13.2 Å². The summed E-state index contributed by atoms with van der Waals surface area (Å²) in [6.45, 7) is 10.8. The van der Waals surface area contributed by atoms with Gasteiger partial charge in [-0.05, 0) is 40.0 Å². The number of nitrogens with one attached hydrogen (secondary N) is 2. The molecule has 0 spiro atoms. The molecule has 9 heteroatoms. The maximum absolute atomic E-state index is 12.6. The number of ether oxygens (including phenoxy) is 2. The van der Waals surface area contributed by atoms with E-state index in [1.54, 1.807) is 4.90 Å². The van der Waals surface area contributed by atoms with Crippen LogP contribution in [0.1, 0.15) is 63.8 Å². The van der Waals surface area contributed by atoms with Crippen LogP contribution in [-0.2, 0) is 15.9 Å². The first-order valence-electron chi connectivity index (χ1n) is 9.79. The molecule has 2 atom stereocenters. The lowest BCUT2D eigenvalue weighted by Crippen LogP contribution is -2.57. The molecule has 1 aliphatic rings. The third-order valence-corrected chi connectivity index (χ3v) is 4.67. The van der Waals surface area contributed by atoms with Crippen LogP contribution in [0, 0.1) is 0 Å². The Bertz CT molecular complexity index is 686. The molecule has 0 bridgehead atoms. The van der Waals surface area contributed by atoms with Crippen molar-refractivity contribution < 1.29 is 19.1 Å². The number of aromatic nitrogens is 2. The lowest BCUT2D eigenvalue weighted by atomic mass is 10.0. The molecule has 2 heterocycles. The summed E-state index contributed by atoms with van der Waals surface area (Å²) in [4.78, 5) is 33.7. The number of aryl methyl sites for hydroxylation is 1. The van der Waals surface area contributed by atoms with Crippen LogP contribution in [0.15, 0.2) is 0 Å². The first-order chi connectivity index (χ1) is 13.1. The SMILES string of the molecule is CCCO[C@@H]1CN(C(=O)OC(C)(C)C)CC[C@@H]1NC(=O)c1nc(Cl)c(CC)[nH]1. The van der Waals surface area contributed by atoms with Crippen molar-refractivity contribution >= 4 is 23.6 Å². The van der Waals surface area contributed by atoms with Crippen molar-refractivity contribution in [2.75, 3.05) is 19.7 Å². The highest BCUT2D eigenvalue weighted by Crippen LogP contribution is 2.19. The fourth-order valence-electron chi connectivity index (χ4n) is 2.98. The molecule has 0 radical (unpaired) electrons. The van der Waals surface area contributed by atoms with Gasteiger partial charge in [0.05, 0.1) is 24.4 Å². The molecular formula is C19H31ClN4O4. The summed E-state index contributed by atoms with van der Waals surface area (Å²) < 4.78 is 11.4. The Labute approximate surface area is 171 Å². The first kappa shape index (κ1) is 22.5. The fourth-order valence-corrected chi connectivity index (χ4v) is 3.24. The number of piperidine rings is 1. The van der Waals surface area contributed by atoms with Gasteiger partial charge < -0.3 is 24.7 Å². The predicted octanol–water partition coefficient (Wildman–Crippen LogP) is 3.16. The molecule has 0 unspecified atom stereocenters. The molecule has 0 saturated carbocycles. The van der Waals surface area contributed by atoms with E-state index in [1.165, 1.54) is 0 Å². The summed E-state index contributed by atoms with van der Waals surface area (Å²) in [6, 6.07) is -0.230. The minimum absolute atomic E-state index is 0.186. The van der Waals surface area contributed by atoms with Gasteiger partial charge in [-0.2, -0.15) is 0 Å². The third kappa shape index (κ3) is 6.10. The zero-order valence-corrected chi connectivity index (χ0v) is 18.1. The second-order valence-electron chi connectivity index (χ2n) is 7.91. The van der Waals surface area contributed by atoms with Crippen LogP contribution in [0.5, 0.6) is 0 Å². The Morgan fingerprint density at radius 1 is 1.36 bits per heavy atom. The van der Waals surface area contributed by atoms with Gasteiger partial charge in [0.1, 0.15) is 5.60 Å². The van der Waals surface area contributed by atoms with Crippen molar-refractivity contribution in [3.05, 3.63) is 16.7 Å². The zero-order valence-electron chi connectivity index (χ0n) is 17.3. The Morgan fingerprint density at radius 2 is 2.07 bits per heavy atom. The molecular weight excluding hydrogens is 384 g/mol. The number of aromatic amines is 1. The summed E-state index contributed by atoms with van der Waals surface area (Å²) in [5.41, 5.74) is 0.169. The van der Waals surface area contributed by atoms with E-state index in [2.05, 4.69) is 15.3 Å². The number of H-pyrrole nitrogens is 1. The van der Waals surface area contributed by atoms with Crippen molar-refractivity contribution in [2.24, 2.45) is 0 Å². The van der Waals surface area contributed by atoms with Gasteiger partial charge in [-0.3, -0.25) is 4.79 Å². The molecule has 8 nitrogen and oxygen atoms in total. The van der Waals surface area contributed by atoms with E-state index in [0.717, 1.165) is 12.1 Å². The molecule has 1 saturated heterocycles. The van der Waals surface area contributed by atoms with E-state index in [9.17, 15) is 9.59 Å². The van der Waals surface area contributed by atoms with Gasteiger partial charge >= 0.3 is 6.09 Å². The fraction of sp³-hybridized carbons (Fsp3) is 0.737. The monoisotopic (exact) mass is 414 g/mol. The van der Waals surface area contributed by atoms with E-state index in [4.69, 9.17) is 21.1 Å². The summed E-state index contributed by atoms with van der Waals surface area (Å²) in [7, 11) is 0. The highest BCUT2D eigenvalue weighted by atomic mass is 35.5. The average molecular weight is 415 g/mol. The van der Waals surface area contributed by atoms with Crippen LogP contribution in [0.2, 0.25) is 5.15 Å². The predicted molar refractivity (Wildman–Crippen MR) is 107 cm³/mol. The van der Waals surface area contributed by atoms with Crippen LogP contribution in [0.25, 0.3) is 0 Å². The van der Waals surface area contributed by atoms with Crippen molar-refractivity contribution in [3.8, 4) is 0 Å². The molecule has 158 valence electrons. The summed E-state index contributed by atoms with van der Waals surface area (Å²) in [6.07, 6.45) is 1.38. The second-order valence-corrected chi connectivity index (χ2v) is 8.27. The molecule has 28 heavy (non-hydrogen) atoms. The molecule has 2 N–H and O–H groups in total. The molecule has 1 fully saturated rings. The lowest BCUT2D eigenvalue weighted by Gasteiger charge is -2.39. The number of carbonyl (C=O) groups excluding carboxylic acids is 2. The molecule has 1 aliphatic heterocycles. The number of rotatable bonds is 6. The quantitative estimate of drug-likeness (QED) is 0.745. The standard InChI is InChI=1S/C19H31ClN4O4/c1-6-10-27-14-11-24(18(26)28-19(3,4)5)9-8-13(14)22-17(25)16-21-12(7-2)15(20)23-16/h13-14H,6-11H2,1-5H3,(H,21,23)(H,22,25)/t13-,14+/m0/s1. The van der Waals surface area contributed by atoms with Gasteiger partial charge in [0.15, 0.2) is 11.0 Å². The van der Waals surface area contributed by atoms with Gasteiger partial charge in [-0.15, -0.1) is 0 Å². The molecule has 2 amide bonds. The number of amides is 2. The van der Waals surface area contributed by atoms with Crippen LogP contribution in [-0.4, -0.2) is 64.3 Å². The summed E-state index contributed by atoms with van der Waals surface area (Å²) in [5, 5.41) is 3.28. The van der Waals surface area contributed by atoms with Gasteiger partial charge in [0.2, 0.25) is 0 Å². The topological polar surface area (TPSA) is 96.6 Å². The van der Waals surface area contributed by atoms with Gasteiger partial charge in [0.25, 0.3) is 5.91 Å². The van der Waals surface area contributed by atoms with E-state index >= 15 is 0 Å². The van der Waals surface area contributed by atoms with Crippen LogP contribution in [0.4, 0.5) is 4.79 Å². The molecule has 1 aromatic rings. The van der Waals surface area contributed by atoms with E-state index in [0.29, 0.717) is 37.7 Å². The number of hydrogen-bond acceptors (Lipinski definition) is 5. The van der Waals surface area contributed by atoms with Gasteiger partial charge in [-0.1, -0.05) is 25.4 Å². The molecule has 2 rings (SSSR count). The van der Waals surface area contributed by atoms with Crippen molar-refractivity contribution in [2.45, 2.75) is 71.6 Å².